The number of thiol groups is 1. The third-order valence-electron chi connectivity index (χ3n) is 3.70. The van der Waals surface area contributed by atoms with E-state index in [-0.39, 0.29) is 21.2 Å². The number of halogens is 1. The molecule has 1 heterocycles. The van der Waals surface area contributed by atoms with Crippen molar-refractivity contribution in [3.63, 3.8) is 0 Å². The molecule has 0 saturated carbocycles. The smallest absolute Gasteiger partial charge is 0.264 e. The van der Waals surface area contributed by atoms with Gasteiger partial charge in [0.25, 0.3) is 10.0 Å². The van der Waals surface area contributed by atoms with Crippen LogP contribution in [0.15, 0.2) is 52.3 Å². The Morgan fingerprint density at radius 2 is 1.96 bits per heavy atom. The number of sulfonamides is 1. The predicted molar refractivity (Wildman–Crippen MR) is 103 cm³/mol. The first-order valence-corrected chi connectivity index (χ1v) is 9.70. The van der Waals surface area contributed by atoms with Crippen molar-refractivity contribution in [1.29, 1.82) is 5.26 Å². The number of nitrogens with zero attached hydrogens (tertiary/aromatic N) is 2. The number of aryl methyl sites for hydroxylation is 1. The average Bonchev–Trinajstić information content (AvgIpc) is 3.00. The summed E-state index contributed by atoms with van der Waals surface area (Å²) in [5, 5.41) is 16.6. The molecule has 0 aliphatic rings. The van der Waals surface area contributed by atoms with Gasteiger partial charge in [-0.3, -0.25) is 9.82 Å². The van der Waals surface area contributed by atoms with E-state index in [9.17, 15) is 13.7 Å². The Morgan fingerprint density at radius 3 is 2.62 bits per heavy atom. The fourth-order valence-electron chi connectivity index (χ4n) is 2.38. The molecule has 3 rings (SSSR count). The van der Waals surface area contributed by atoms with Crippen LogP contribution in [-0.4, -0.2) is 18.6 Å². The van der Waals surface area contributed by atoms with E-state index < -0.39 is 10.0 Å². The zero-order valence-corrected chi connectivity index (χ0v) is 16.0. The van der Waals surface area contributed by atoms with Crippen molar-refractivity contribution in [2.45, 2.75) is 16.7 Å². The van der Waals surface area contributed by atoms with Gasteiger partial charge < -0.3 is 0 Å². The summed E-state index contributed by atoms with van der Waals surface area (Å²) in [5.74, 6) is -0.0771. The van der Waals surface area contributed by atoms with Crippen LogP contribution in [0.2, 0.25) is 5.02 Å². The van der Waals surface area contributed by atoms with Crippen LogP contribution in [0, 0.1) is 18.3 Å². The van der Waals surface area contributed by atoms with E-state index in [2.05, 4.69) is 27.5 Å². The first-order valence-electron chi connectivity index (χ1n) is 7.39. The highest BCUT2D eigenvalue weighted by molar-refractivity contribution is 7.93. The summed E-state index contributed by atoms with van der Waals surface area (Å²) in [4.78, 5) is 0.154. The number of anilines is 1. The molecule has 2 aromatic carbocycles. The summed E-state index contributed by atoms with van der Waals surface area (Å²) >= 11 is 10.2. The largest absolute Gasteiger partial charge is 0.274 e. The zero-order valence-electron chi connectivity index (χ0n) is 13.5. The molecule has 0 aliphatic carbocycles. The molecule has 0 aliphatic heterocycles. The van der Waals surface area contributed by atoms with Crippen molar-refractivity contribution in [3.8, 4) is 17.3 Å². The van der Waals surface area contributed by atoms with Crippen molar-refractivity contribution in [1.82, 2.24) is 10.2 Å². The third kappa shape index (κ3) is 3.42. The van der Waals surface area contributed by atoms with E-state index in [4.69, 9.17) is 11.6 Å². The second-order valence-corrected chi connectivity index (χ2v) is 8.01. The number of nitriles is 1. The molecule has 0 unspecified atom stereocenters. The fourth-order valence-corrected chi connectivity index (χ4v) is 4.35. The lowest BCUT2D eigenvalue weighted by Crippen LogP contribution is -2.15. The number of H-pyrrole nitrogens is 1. The molecule has 0 radical (unpaired) electrons. The Hall–Kier alpha value is -2.47. The van der Waals surface area contributed by atoms with Crippen LogP contribution in [0.4, 0.5) is 5.82 Å². The Kier molecular flexibility index (Phi) is 4.96. The number of hydrogen-bond donors (Lipinski definition) is 3. The average molecular weight is 405 g/mol. The molecular formula is C17H13ClN4O2S2. The molecule has 2 N–H and O–H groups in total. The van der Waals surface area contributed by atoms with E-state index in [0.717, 1.165) is 5.56 Å². The van der Waals surface area contributed by atoms with E-state index in [1.807, 2.05) is 24.3 Å². The van der Waals surface area contributed by atoms with Crippen LogP contribution in [0.25, 0.3) is 11.3 Å². The molecule has 1 aromatic heterocycles. The Balaban J connectivity index is 2.03. The number of aromatic nitrogens is 2. The Labute approximate surface area is 161 Å². The summed E-state index contributed by atoms with van der Waals surface area (Å²) in [7, 11) is -4.00. The second-order valence-electron chi connectivity index (χ2n) is 5.47. The molecule has 0 amide bonds. The van der Waals surface area contributed by atoms with E-state index in [1.54, 1.807) is 19.1 Å². The Morgan fingerprint density at radius 1 is 1.27 bits per heavy atom. The van der Waals surface area contributed by atoms with Crippen LogP contribution in [0.5, 0.6) is 0 Å². The lowest BCUT2D eigenvalue weighted by molar-refractivity contribution is 0.599. The molecular weight excluding hydrogens is 392 g/mol. The van der Waals surface area contributed by atoms with Gasteiger partial charge in [-0.15, -0.1) is 12.6 Å². The minimum atomic E-state index is -4.00. The minimum absolute atomic E-state index is 0.0455. The minimum Gasteiger partial charge on any atom is -0.274 e. The molecule has 0 fully saturated rings. The number of benzene rings is 2. The summed E-state index contributed by atoms with van der Waals surface area (Å²) in [6, 6.07) is 13.9. The van der Waals surface area contributed by atoms with Gasteiger partial charge in [-0.1, -0.05) is 41.9 Å². The third-order valence-corrected chi connectivity index (χ3v) is 6.01. The molecule has 0 bridgehead atoms. The molecule has 0 saturated heterocycles. The summed E-state index contributed by atoms with van der Waals surface area (Å²) < 4.78 is 27.8. The van der Waals surface area contributed by atoms with Gasteiger partial charge in [0.05, 0.1) is 5.69 Å². The van der Waals surface area contributed by atoms with Crippen LogP contribution in [0.3, 0.4) is 0 Å². The van der Waals surface area contributed by atoms with Gasteiger partial charge in [0.2, 0.25) is 0 Å². The predicted octanol–water partition coefficient (Wildman–Crippen LogP) is 4.00. The zero-order chi connectivity index (χ0) is 18.9. The van der Waals surface area contributed by atoms with Gasteiger partial charge in [-0.2, -0.15) is 10.4 Å². The molecule has 6 nitrogen and oxygen atoms in total. The highest BCUT2D eigenvalue weighted by atomic mass is 35.5. The van der Waals surface area contributed by atoms with Gasteiger partial charge >= 0.3 is 0 Å². The van der Waals surface area contributed by atoms with Crippen molar-refractivity contribution in [2.75, 3.05) is 4.72 Å². The standard InChI is InChI=1S/C17H13ClN4O2S2/c1-10-7-15(14(25)8-13(10)18)26(23,24)22-17-12(9-19)16(20-21-17)11-5-3-2-4-6-11/h2-8,25H,1H3,(H2,20,21,22). The SMILES string of the molecule is Cc1cc(S(=O)(=O)Nc2n[nH]c(-c3ccccc3)c2C#N)c(S)cc1Cl. The second kappa shape index (κ2) is 7.03. The number of aromatic amines is 1. The van der Waals surface area contributed by atoms with Gasteiger partial charge in [0, 0.05) is 15.5 Å². The first kappa shape index (κ1) is 18.3. The van der Waals surface area contributed by atoms with E-state index in [0.29, 0.717) is 16.3 Å². The maximum atomic E-state index is 12.7. The van der Waals surface area contributed by atoms with E-state index in [1.165, 1.54) is 12.1 Å². The summed E-state index contributed by atoms with van der Waals surface area (Å²) in [6.45, 7) is 1.69. The molecule has 0 spiro atoms. The van der Waals surface area contributed by atoms with Gasteiger partial charge in [0.15, 0.2) is 5.82 Å². The molecule has 0 atom stereocenters. The monoisotopic (exact) mass is 404 g/mol. The van der Waals surface area contributed by atoms with Gasteiger partial charge in [-0.05, 0) is 24.6 Å². The number of rotatable bonds is 4. The van der Waals surface area contributed by atoms with Crippen molar-refractivity contribution in [3.05, 3.63) is 58.6 Å². The number of hydrogen-bond acceptors (Lipinski definition) is 5. The Bertz CT molecular complexity index is 1120. The number of nitrogens with one attached hydrogen (secondary N) is 2. The van der Waals surface area contributed by atoms with Crippen LogP contribution in [0.1, 0.15) is 11.1 Å². The highest BCUT2D eigenvalue weighted by Crippen LogP contribution is 2.30. The quantitative estimate of drug-likeness (QED) is 0.572. The molecule has 132 valence electrons. The van der Waals surface area contributed by atoms with Crippen molar-refractivity contribution < 1.29 is 8.42 Å². The van der Waals surface area contributed by atoms with Crippen molar-refractivity contribution in [2.24, 2.45) is 0 Å². The van der Waals surface area contributed by atoms with Crippen LogP contribution in [-0.2, 0) is 10.0 Å². The van der Waals surface area contributed by atoms with Crippen LogP contribution >= 0.6 is 24.2 Å². The lowest BCUT2D eigenvalue weighted by Gasteiger charge is -2.10. The summed E-state index contributed by atoms with van der Waals surface area (Å²) in [6.07, 6.45) is 0. The molecule has 9 heteroatoms. The first-order chi connectivity index (χ1) is 12.3. The van der Waals surface area contributed by atoms with E-state index >= 15 is 0 Å². The lowest BCUT2D eigenvalue weighted by atomic mass is 10.1. The highest BCUT2D eigenvalue weighted by Gasteiger charge is 2.23. The molecule has 3 aromatic rings. The topological polar surface area (TPSA) is 98.6 Å². The summed E-state index contributed by atoms with van der Waals surface area (Å²) in [5.41, 5.74) is 1.85. The normalized spacial score (nSPS) is 11.2. The molecule has 26 heavy (non-hydrogen) atoms. The fraction of sp³-hybridized carbons (Fsp3) is 0.0588. The van der Waals surface area contributed by atoms with Gasteiger partial charge in [0.1, 0.15) is 16.5 Å². The maximum Gasteiger partial charge on any atom is 0.264 e. The van der Waals surface area contributed by atoms with Crippen LogP contribution < -0.4 is 4.72 Å². The van der Waals surface area contributed by atoms with Crippen molar-refractivity contribution >= 4 is 40.1 Å². The van der Waals surface area contributed by atoms with Gasteiger partial charge in [-0.25, -0.2) is 8.42 Å². The maximum absolute atomic E-state index is 12.7.